The van der Waals surface area contributed by atoms with Crippen LogP contribution in [0.3, 0.4) is 0 Å². The molecule has 41 heavy (non-hydrogen) atoms. The topological polar surface area (TPSA) is 92.3 Å². The van der Waals surface area contributed by atoms with E-state index in [1.807, 2.05) is 32.0 Å². The lowest BCUT2D eigenvalue weighted by molar-refractivity contribution is -0.0440. The number of fused-ring (bicyclic) bond motifs is 1. The molecule has 0 bridgehead atoms. The molecule has 2 aliphatic rings. The molecule has 4 aromatic rings. The SMILES string of the molecule is CC1CN(S(=O)(=O)c2ccc(C(=O)Oc3ccc4nc(N5CCN(c6ccccc6)CC5)sc4c3)cc2)CC(C)O1. The molecule has 9 nitrogen and oxygen atoms in total. The third-order valence-corrected chi connectivity index (χ3v) is 10.3. The Balaban J connectivity index is 1.10. The van der Waals surface area contributed by atoms with Gasteiger partial charge in [0.25, 0.3) is 0 Å². The molecule has 0 aliphatic carbocycles. The number of rotatable bonds is 6. The minimum Gasteiger partial charge on any atom is -0.423 e. The number of carbonyl (C=O) groups is 1. The molecule has 0 saturated carbocycles. The Kier molecular flexibility index (Phi) is 7.69. The van der Waals surface area contributed by atoms with Gasteiger partial charge >= 0.3 is 5.97 Å². The Morgan fingerprint density at radius 3 is 2.24 bits per heavy atom. The Labute approximate surface area is 244 Å². The van der Waals surface area contributed by atoms with Crippen LogP contribution in [-0.2, 0) is 14.8 Å². The Morgan fingerprint density at radius 1 is 0.902 bits per heavy atom. The fourth-order valence-electron chi connectivity index (χ4n) is 5.29. The highest BCUT2D eigenvalue weighted by Gasteiger charge is 2.32. The number of piperazine rings is 1. The average Bonchev–Trinajstić information content (AvgIpc) is 3.41. The minimum atomic E-state index is -3.69. The van der Waals surface area contributed by atoms with Crippen LogP contribution in [0.1, 0.15) is 24.2 Å². The molecule has 0 amide bonds. The maximum atomic E-state index is 13.1. The Bertz CT molecular complexity index is 1620. The van der Waals surface area contributed by atoms with Crippen LogP contribution in [-0.4, -0.2) is 75.2 Å². The highest BCUT2D eigenvalue weighted by molar-refractivity contribution is 7.89. The van der Waals surface area contributed by atoms with Gasteiger partial charge in [-0.3, -0.25) is 0 Å². The third-order valence-electron chi connectivity index (χ3n) is 7.34. The summed E-state index contributed by atoms with van der Waals surface area (Å²) in [7, 11) is -3.69. The van der Waals surface area contributed by atoms with Gasteiger partial charge < -0.3 is 19.3 Å². The van der Waals surface area contributed by atoms with Gasteiger partial charge in [0.05, 0.1) is 32.9 Å². The number of anilines is 2. The fraction of sp³-hybridized carbons (Fsp3) is 0.333. The van der Waals surface area contributed by atoms with Gasteiger partial charge in [-0.05, 0) is 62.4 Å². The zero-order valence-electron chi connectivity index (χ0n) is 23.0. The number of thiazole rings is 1. The molecule has 2 fully saturated rings. The van der Waals surface area contributed by atoms with Gasteiger partial charge in [-0.1, -0.05) is 29.5 Å². The van der Waals surface area contributed by atoms with Crippen molar-refractivity contribution in [3.63, 3.8) is 0 Å². The van der Waals surface area contributed by atoms with E-state index in [1.54, 1.807) is 17.4 Å². The van der Waals surface area contributed by atoms with Gasteiger partial charge in [0.1, 0.15) is 5.75 Å². The summed E-state index contributed by atoms with van der Waals surface area (Å²) in [5.41, 5.74) is 2.37. The number of morpholine rings is 1. The first-order valence-electron chi connectivity index (χ1n) is 13.7. The van der Waals surface area contributed by atoms with Crippen LogP contribution in [0.4, 0.5) is 10.8 Å². The second kappa shape index (κ2) is 11.4. The normalized spacial score (nSPS) is 20.3. The van der Waals surface area contributed by atoms with Crippen LogP contribution in [0, 0.1) is 0 Å². The van der Waals surface area contributed by atoms with E-state index in [9.17, 15) is 13.2 Å². The van der Waals surface area contributed by atoms with E-state index in [4.69, 9.17) is 14.5 Å². The number of esters is 1. The quantitative estimate of drug-likeness (QED) is 0.236. The molecule has 3 heterocycles. The number of para-hydroxylation sites is 1. The van der Waals surface area contributed by atoms with Gasteiger partial charge in [-0.25, -0.2) is 18.2 Å². The highest BCUT2D eigenvalue weighted by Crippen LogP contribution is 2.33. The van der Waals surface area contributed by atoms with Gasteiger partial charge in [-0.15, -0.1) is 0 Å². The van der Waals surface area contributed by atoms with Crippen molar-refractivity contribution in [1.82, 2.24) is 9.29 Å². The van der Waals surface area contributed by atoms with Crippen molar-refractivity contribution in [1.29, 1.82) is 0 Å². The van der Waals surface area contributed by atoms with Crippen LogP contribution in [0.5, 0.6) is 5.75 Å². The number of hydrogen-bond donors (Lipinski definition) is 0. The first kappa shape index (κ1) is 27.6. The molecule has 0 radical (unpaired) electrons. The average molecular weight is 593 g/mol. The molecular formula is C30H32N4O5S2. The largest absolute Gasteiger partial charge is 0.423 e. The molecule has 11 heteroatoms. The van der Waals surface area contributed by atoms with Crippen molar-refractivity contribution in [2.45, 2.75) is 31.0 Å². The van der Waals surface area contributed by atoms with Crippen molar-refractivity contribution < 1.29 is 22.7 Å². The van der Waals surface area contributed by atoms with Crippen molar-refractivity contribution in [2.75, 3.05) is 49.1 Å². The zero-order chi connectivity index (χ0) is 28.6. The number of ether oxygens (including phenoxy) is 2. The number of hydrogen-bond acceptors (Lipinski definition) is 9. The minimum absolute atomic E-state index is 0.138. The molecular weight excluding hydrogens is 560 g/mol. The van der Waals surface area contributed by atoms with Crippen molar-refractivity contribution >= 4 is 48.4 Å². The summed E-state index contributed by atoms with van der Waals surface area (Å²) >= 11 is 1.58. The predicted molar refractivity (Wildman–Crippen MR) is 161 cm³/mol. The molecule has 0 N–H and O–H groups in total. The first-order chi connectivity index (χ1) is 19.8. The standard InChI is InChI=1S/C30H32N4O5S2/c1-21-19-34(20-22(2)38-21)41(36,37)26-11-8-23(9-12-26)29(35)39-25-10-13-27-28(18-25)40-30(31-27)33-16-14-32(15-17-33)24-6-4-3-5-7-24/h3-13,18,21-22H,14-17,19-20H2,1-2H3. The number of sulfonamides is 1. The van der Waals surface area contributed by atoms with Gasteiger partial charge in [0, 0.05) is 51.0 Å². The molecule has 0 spiro atoms. The molecule has 6 rings (SSSR count). The summed E-state index contributed by atoms with van der Waals surface area (Å²) in [4.78, 5) is 22.5. The van der Waals surface area contributed by atoms with Crippen LogP contribution >= 0.6 is 11.3 Å². The maximum Gasteiger partial charge on any atom is 0.343 e. The molecule has 214 valence electrons. The summed E-state index contributed by atoms with van der Waals surface area (Å²) in [6.07, 6.45) is -0.362. The van der Waals surface area contributed by atoms with Crippen LogP contribution in [0.2, 0.25) is 0 Å². The fourth-order valence-corrected chi connectivity index (χ4v) is 7.93. The van der Waals surface area contributed by atoms with E-state index in [2.05, 4.69) is 34.1 Å². The van der Waals surface area contributed by atoms with Crippen molar-refractivity contribution in [2.24, 2.45) is 0 Å². The second-order valence-electron chi connectivity index (χ2n) is 10.4. The van der Waals surface area contributed by atoms with E-state index in [-0.39, 0.29) is 22.7 Å². The summed E-state index contributed by atoms with van der Waals surface area (Å²) in [6, 6.07) is 21.7. The first-order valence-corrected chi connectivity index (χ1v) is 16.0. The molecule has 1 aromatic heterocycles. The molecule has 2 unspecified atom stereocenters. The smallest absolute Gasteiger partial charge is 0.343 e. The Hall–Kier alpha value is -3.51. The number of nitrogens with zero attached hydrogens (tertiary/aromatic N) is 4. The Morgan fingerprint density at radius 2 is 1.56 bits per heavy atom. The number of aromatic nitrogens is 1. The van der Waals surface area contributed by atoms with E-state index in [0.29, 0.717) is 18.8 Å². The summed E-state index contributed by atoms with van der Waals surface area (Å²) in [6.45, 7) is 7.91. The van der Waals surface area contributed by atoms with Crippen molar-refractivity contribution in [3.05, 3.63) is 78.4 Å². The number of carbonyl (C=O) groups excluding carboxylic acids is 1. The van der Waals surface area contributed by atoms with E-state index >= 15 is 0 Å². The second-order valence-corrected chi connectivity index (χ2v) is 13.4. The number of benzene rings is 3. The van der Waals surface area contributed by atoms with E-state index < -0.39 is 16.0 Å². The summed E-state index contributed by atoms with van der Waals surface area (Å²) < 4.78 is 39.9. The van der Waals surface area contributed by atoms with Crippen molar-refractivity contribution in [3.8, 4) is 5.75 Å². The highest BCUT2D eigenvalue weighted by atomic mass is 32.2. The monoisotopic (exact) mass is 592 g/mol. The van der Waals surface area contributed by atoms with Crippen LogP contribution in [0.15, 0.2) is 77.7 Å². The lowest BCUT2D eigenvalue weighted by Crippen LogP contribution is -2.48. The lowest BCUT2D eigenvalue weighted by Gasteiger charge is -2.35. The van der Waals surface area contributed by atoms with E-state index in [0.717, 1.165) is 41.5 Å². The maximum absolute atomic E-state index is 13.1. The summed E-state index contributed by atoms with van der Waals surface area (Å²) in [5.74, 6) is -0.136. The van der Waals surface area contributed by atoms with Crippen LogP contribution in [0.25, 0.3) is 10.2 Å². The van der Waals surface area contributed by atoms with E-state index in [1.165, 1.54) is 34.3 Å². The molecule has 2 aliphatic heterocycles. The van der Waals surface area contributed by atoms with Crippen LogP contribution < -0.4 is 14.5 Å². The molecule has 2 atom stereocenters. The van der Waals surface area contributed by atoms with Gasteiger partial charge in [-0.2, -0.15) is 4.31 Å². The molecule has 2 saturated heterocycles. The summed E-state index contributed by atoms with van der Waals surface area (Å²) in [5, 5.41) is 0.956. The van der Waals surface area contributed by atoms with Gasteiger partial charge in [0.15, 0.2) is 5.13 Å². The zero-order valence-corrected chi connectivity index (χ0v) is 24.6. The molecule has 3 aromatic carbocycles. The predicted octanol–water partition coefficient (Wildman–Crippen LogP) is 4.64. The lowest BCUT2D eigenvalue weighted by atomic mass is 10.2. The third kappa shape index (κ3) is 5.94. The van der Waals surface area contributed by atoms with Gasteiger partial charge in [0.2, 0.25) is 10.0 Å².